The Kier molecular flexibility index (Phi) is 5.18. The minimum atomic E-state index is -0.119. The zero-order valence-electron chi connectivity index (χ0n) is 9.33. The molecule has 2 amide bonds. The number of allylic oxidation sites excluding steroid dienone is 1. The maximum atomic E-state index is 11.6. The smallest absolute Gasteiger partial charge is 0.321 e. The fraction of sp³-hybridized carbons (Fsp3) is 0.727. The van der Waals surface area contributed by atoms with Gasteiger partial charge in [-0.05, 0) is 32.6 Å². The maximum absolute atomic E-state index is 11.6. The van der Waals surface area contributed by atoms with Gasteiger partial charge in [0.05, 0.1) is 6.61 Å². The number of nitrogens with zero attached hydrogens (tertiary/aromatic N) is 1. The third-order valence-electron chi connectivity index (χ3n) is 2.68. The molecular weight excluding hydrogens is 192 g/mol. The normalized spacial score (nSPS) is 15.2. The molecule has 1 fully saturated rings. The Morgan fingerprint density at radius 1 is 1.53 bits per heavy atom. The topological polar surface area (TPSA) is 52.6 Å². The van der Waals surface area contributed by atoms with Crippen LogP contribution in [0.3, 0.4) is 0 Å². The average Bonchev–Trinajstić information content (AvgIpc) is 2.75. The van der Waals surface area contributed by atoms with Crippen LogP contribution < -0.4 is 5.32 Å². The molecule has 86 valence electrons. The van der Waals surface area contributed by atoms with Gasteiger partial charge < -0.3 is 15.3 Å². The van der Waals surface area contributed by atoms with Crippen molar-refractivity contribution in [3.63, 3.8) is 0 Å². The minimum absolute atomic E-state index is 0.0117. The molecule has 1 aliphatic rings. The first kappa shape index (κ1) is 12.0. The number of nitrogens with one attached hydrogen (secondary N) is 1. The number of likely N-dealkylation sites (N-methyl/N-ethyl adjacent to an activating group) is 1. The van der Waals surface area contributed by atoms with Gasteiger partial charge in [-0.2, -0.15) is 0 Å². The average molecular weight is 212 g/mol. The van der Waals surface area contributed by atoms with Crippen LogP contribution in [-0.4, -0.2) is 35.7 Å². The first-order valence-corrected chi connectivity index (χ1v) is 5.62. The Morgan fingerprint density at radius 3 is 2.73 bits per heavy atom. The van der Waals surface area contributed by atoms with E-state index in [1.165, 1.54) is 18.4 Å². The minimum Gasteiger partial charge on any atom is -0.395 e. The van der Waals surface area contributed by atoms with Crippen molar-refractivity contribution in [1.82, 2.24) is 10.2 Å². The van der Waals surface area contributed by atoms with Gasteiger partial charge in [-0.3, -0.25) is 0 Å². The van der Waals surface area contributed by atoms with Crippen LogP contribution in [0.5, 0.6) is 0 Å². The molecule has 1 aliphatic carbocycles. The molecule has 1 rings (SSSR count). The van der Waals surface area contributed by atoms with E-state index in [0.717, 1.165) is 12.8 Å². The van der Waals surface area contributed by atoms with Crippen molar-refractivity contribution in [3.8, 4) is 0 Å². The number of aliphatic hydroxyl groups excluding tert-OH is 1. The lowest BCUT2D eigenvalue weighted by Crippen LogP contribution is -2.39. The molecule has 4 nitrogen and oxygen atoms in total. The van der Waals surface area contributed by atoms with Gasteiger partial charge in [-0.25, -0.2) is 4.79 Å². The molecule has 0 heterocycles. The summed E-state index contributed by atoms with van der Waals surface area (Å²) in [6.07, 6.45) is 6.50. The van der Waals surface area contributed by atoms with Gasteiger partial charge in [0.25, 0.3) is 0 Å². The molecule has 0 aromatic rings. The number of hydrogen-bond donors (Lipinski definition) is 2. The second kappa shape index (κ2) is 6.45. The number of carbonyl (C=O) groups is 1. The lowest BCUT2D eigenvalue weighted by atomic mass is 10.2. The lowest BCUT2D eigenvalue weighted by molar-refractivity contribution is 0.183. The van der Waals surface area contributed by atoms with Crippen LogP contribution in [0.15, 0.2) is 11.8 Å². The molecule has 0 aliphatic heterocycles. The molecule has 2 N–H and O–H groups in total. The SMILES string of the molecule is CCN(CCO)C(=O)NC=C1CCCC1. The predicted octanol–water partition coefficient (Wildman–Crippen LogP) is 1.47. The van der Waals surface area contributed by atoms with Crippen molar-refractivity contribution in [2.75, 3.05) is 19.7 Å². The number of urea groups is 1. The molecule has 15 heavy (non-hydrogen) atoms. The van der Waals surface area contributed by atoms with E-state index in [9.17, 15) is 4.79 Å². The number of rotatable bonds is 4. The highest BCUT2D eigenvalue weighted by Gasteiger charge is 2.10. The van der Waals surface area contributed by atoms with Gasteiger partial charge in [0.15, 0.2) is 0 Å². The van der Waals surface area contributed by atoms with Gasteiger partial charge in [0.2, 0.25) is 0 Å². The summed E-state index contributed by atoms with van der Waals surface area (Å²) in [6, 6.07) is -0.119. The van der Waals surface area contributed by atoms with E-state index in [1.54, 1.807) is 4.90 Å². The zero-order chi connectivity index (χ0) is 11.1. The highest BCUT2D eigenvalue weighted by Crippen LogP contribution is 2.22. The van der Waals surface area contributed by atoms with Crippen LogP contribution in [-0.2, 0) is 0 Å². The van der Waals surface area contributed by atoms with Crippen molar-refractivity contribution in [2.45, 2.75) is 32.6 Å². The van der Waals surface area contributed by atoms with E-state index in [2.05, 4.69) is 5.32 Å². The Morgan fingerprint density at radius 2 is 2.20 bits per heavy atom. The van der Waals surface area contributed by atoms with E-state index in [0.29, 0.717) is 13.1 Å². The molecule has 0 bridgehead atoms. The molecule has 0 unspecified atom stereocenters. The molecule has 1 saturated carbocycles. The zero-order valence-corrected chi connectivity index (χ0v) is 9.33. The van der Waals surface area contributed by atoms with Crippen molar-refractivity contribution < 1.29 is 9.90 Å². The number of amides is 2. The number of carbonyl (C=O) groups excluding carboxylic acids is 1. The molecule has 0 spiro atoms. The second-order valence-corrected chi connectivity index (χ2v) is 3.76. The Hall–Kier alpha value is -1.03. The van der Waals surface area contributed by atoms with Crippen LogP contribution >= 0.6 is 0 Å². The highest BCUT2D eigenvalue weighted by atomic mass is 16.3. The summed E-state index contributed by atoms with van der Waals surface area (Å²) in [6.45, 7) is 2.93. The molecule has 0 saturated heterocycles. The van der Waals surface area contributed by atoms with Gasteiger partial charge in [0, 0.05) is 19.3 Å². The van der Waals surface area contributed by atoms with Gasteiger partial charge >= 0.3 is 6.03 Å². The largest absolute Gasteiger partial charge is 0.395 e. The summed E-state index contributed by atoms with van der Waals surface area (Å²) in [5, 5.41) is 11.5. The third-order valence-corrected chi connectivity index (χ3v) is 2.68. The molecule has 0 aromatic carbocycles. The fourth-order valence-corrected chi connectivity index (χ4v) is 1.75. The predicted molar refractivity (Wildman–Crippen MR) is 59.4 cm³/mol. The first-order chi connectivity index (χ1) is 7.27. The van der Waals surface area contributed by atoms with Crippen LogP contribution in [0, 0.1) is 0 Å². The van der Waals surface area contributed by atoms with E-state index in [4.69, 9.17) is 5.11 Å². The third kappa shape index (κ3) is 3.91. The summed E-state index contributed by atoms with van der Waals surface area (Å²) >= 11 is 0. The summed E-state index contributed by atoms with van der Waals surface area (Å²) in [4.78, 5) is 13.2. The summed E-state index contributed by atoms with van der Waals surface area (Å²) in [5.41, 5.74) is 1.32. The first-order valence-electron chi connectivity index (χ1n) is 5.62. The van der Waals surface area contributed by atoms with E-state index >= 15 is 0 Å². The van der Waals surface area contributed by atoms with Crippen molar-refractivity contribution in [1.29, 1.82) is 0 Å². The van der Waals surface area contributed by atoms with Crippen LogP contribution in [0.4, 0.5) is 4.79 Å². The van der Waals surface area contributed by atoms with Gasteiger partial charge in [0.1, 0.15) is 0 Å². The Balaban J connectivity index is 2.35. The van der Waals surface area contributed by atoms with Crippen molar-refractivity contribution >= 4 is 6.03 Å². The Bertz CT molecular complexity index is 231. The lowest BCUT2D eigenvalue weighted by Gasteiger charge is -2.19. The van der Waals surface area contributed by atoms with Crippen molar-refractivity contribution in [3.05, 3.63) is 11.8 Å². The van der Waals surface area contributed by atoms with E-state index in [1.807, 2.05) is 13.1 Å². The van der Waals surface area contributed by atoms with Crippen LogP contribution in [0.2, 0.25) is 0 Å². The van der Waals surface area contributed by atoms with Gasteiger partial charge in [-0.1, -0.05) is 5.57 Å². The molecule has 0 radical (unpaired) electrons. The molecule has 0 atom stereocenters. The number of aliphatic hydroxyl groups is 1. The summed E-state index contributed by atoms with van der Waals surface area (Å²) in [5.74, 6) is 0. The quantitative estimate of drug-likeness (QED) is 0.741. The summed E-state index contributed by atoms with van der Waals surface area (Å²) in [7, 11) is 0. The highest BCUT2D eigenvalue weighted by molar-refractivity contribution is 5.75. The summed E-state index contributed by atoms with van der Waals surface area (Å²) < 4.78 is 0. The number of hydrogen-bond acceptors (Lipinski definition) is 2. The monoisotopic (exact) mass is 212 g/mol. The van der Waals surface area contributed by atoms with E-state index in [-0.39, 0.29) is 12.6 Å². The second-order valence-electron chi connectivity index (χ2n) is 3.76. The van der Waals surface area contributed by atoms with Crippen LogP contribution in [0.1, 0.15) is 32.6 Å². The molecule has 4 heteroatoms. The van der Waals surface area contributed by atoms with Crippen LogP contribution in [0.25, 0.3) is 0 Å². The van der Waals surface area contributed by atoms with Gasteiger partial charge in [-0.15, -0.1) is 0 Å². The van der Waals surface area contributed by atoms with E-state index < -0.39 is 0 Å². The van der Waals surface area contributed by atoms with Crippen molar-refractivity contribution in [2.24, 2.45) is 0 Å². The maximum Gasteiger partial charge on any atom is 0.321 e. The molecular formula is C11H20N2O2. The Labute approximate surface area is 91.0 Å². The molecule has 0 aromatic heterocycles. The standard InChI is InChI=1S/C11H20N2O2/c1-2-13(7-8-14)11(15)12-9-10-5-3-4-6-10/h9,14H,2-8H2,1H3,(H,12,15). The fourth-order valence-electron chi connectivity index (χ4n) is 1.75.